The number of pyridine rings is 1. The van der Waals surface area contributed by atoms with E-state index in [0.29, 0.717) is 12.0 Å². The molecule has 0 spiro atoms. The van der Waals surface area contributed by atoms with Crippen molar-refractivity contribution >= 4 is 0 Å². The van der Waals surface area contributed by atoms with Crippen LogP contribution in [0.3, 0.4) is 0 Å². The van der Waals surface area contributed by atoms with E-state index in [2.05, 4.69) is 69.1 Å². The van der Waals surface area contributed by atoms with Crippen molar-refractivity contribution in [3.05, 3.63) is 95.3 Å². The van der Waals surface area contributed by atoms with Crippen LogP contribution in [0.4, 0.5) is 0 Å². The topological polar surface area (TPSA) is 28.6 Å². The summed E-state index contributed by atoms with van der Waals surface area (Å²) in [7, 11) is 1.74. The molecule has 0 radical (unpaired) electrons. The SMILES string of the molecule is COc1cccc(CN2CCCCN3CC(c4ccc(C#Cc5cccnc5)cc4)C3C2)c1. The van der Waals surface area contributed by atoms with Gasteiger partial charge in [0, 0.05) is 55.1 Å². The second-order valence-electron chi connectivity index (χ2n) is 9.08. The maximum absolute atomic E-state index is 5.43. The molecule has 0 bridgehead atoms. The zero-order valence-corrected chi connectivity index (χ0v) is 19.3. The molecule has 0 aliphatic carbocycles. The lowest BCUT2D eigenvalue weighted by molar-refractivity contribution is 0.0143. The van der Waals surface area contributed by atoms with Crippen LogP contribution in [0.25, 0.3) is 0 Å². The van der Waals surface area contributed by atoms with Crippen molar-refractivity contribution in [1.29, 1.82) is 0 Å². The van der Waals surface area contributed by atoms with Gasteiger partial charge in [-0.2, -0.15) is 0 Å². The molecule has 4 heteroatoms. The van der Waals surface area contributed by atoms with Crippen molar-refractivity contribution in [2.45, 2.75) is 31.3 Å². The maximum Gasteiger partial charge on any atom is 0.119 e. The summed E-state index contributed by atoms with van der Waals surface area (Å²) in [5.41, 5.74) is 4.76. The zero-order valence-electron chi connectivity index (χ0n) is 19.3. The molecule has 5 rings (SSSR count). The molecule has 2 aliphatic heterocycles. The number of aromatic nitrogens is 1. The average molecular weight is 438 g/mol. The van der Waals surface area contributed by atoms with Crippen LogP contribution in [0.5, 0.6) is 5.75 Å². The first-order valence-corrected chi connectivity index (χ1v) is 11.9. The quantitative estimate of drug-likeness (QED) is 0.560. The molecular weight excluding hydrogens is 406 g/mol. The van der Waals surface area contributed by atoms with Crippen LogP contribution < -0.4 is 4.74 Å². The Morgan fingerprint density at radius 3 is 2.61 bits per heavy atom. The zero-order chi connectivity index (χ0) is 22.5. The van der Waals surface area contributed by atoms with E-state index in [1.165, 1.54) is 37.1 Å². The smallest absolute Gasteiger partial charge is 0.119 e. The molecule has 33 heavy (non-hydrogen) atoms. The fourth-order valence-corrected chi connectivity index (χ4v) is 5.03. The lowest BCUT2D eigenvalue weighted by atomic mass is 9.81. The van der Waals surface area contributed by atoms with Crippen molar-refractivity contribution in [3.8, 4) is 17.6 Å². The maximum atomic E-state index is 5.43. The van der Waals surface area contributed by atoms with Gasteiger partial charge in [-0.05, 0) is 73.5 Å². The van der Waals surface area contributed by atoms with Gasteiger partial charge in [-0.1, -0.05) is 36.1 Å². The summed E-state index contributed by atoms with van der Waals surface area (Å²) in [5.74, 6) is 7.99. The van der Waals surface area contributed by atoms with Gasteiger partial charge >= 0.3 is 0 Å². The number of methoxy groups -OCH3 is 1. The minimum atomic E-state index is 0.586. The van der Waals surface area contributed by atoms with Crippen molar-refractivity contribution in [1.82, 2.24) is 14.8 Å². The van der Waals surface area contributed by atoms with Gasteiger partial charge in [0.1, 0.15) is 5.75 Å². The predicted molar refractivity (Wildman–Crippen MR) is 132 cm³/mol. The molecule has 2 aromatic carbocycles. The van der Waals surface area contributed by atoms with Gasteiger partial charge in [-0.3, -0.25) is 14.8 Å². The van der Waals surface area contributed by atoms with Crippen molar-refractivity contribution in [3.63, 3.8) is 0 Å². The van der Waals surface area contributed by atoms with E-state index in [0.717, 1.165) is 36.5 Å². The van der Waals surface area contributed by atoms with Crippen LogP contribution in [-0.4, -0.2) is 54.1 Å². The molecule has 2 aliphatic rings. The normalized spacial score (nSPS) is 21.0. The second-order valence-corrected chi connectivity index (χ2v) is 9.08. The van der Waals surface area contributed by atoms with E-state index in [1.54, 1.807) is 19.5 Å². The summed E-state index contributed by atoms with van der Waals surface area (Å²) in [6.45, 7) is 5.65. The third-order valence-electron chi connectivity index (χ3n) is 6.87. The van der Waals surface area contributed by atoms with Gasteiger partial charge in [-0.25, -0.2) is 0 Å². The largest absolute Gasteiger partial charge is 0.497 e. The van der Waals surface area contributed by atoms with E-state index in [1.807, 2.05) is 18.2 Å². The highest BCUT2D eigenvalue weighted by atomic mass is 16.5. The first kappa shape index (κ1) is 21.7. The first-order chi connectivity index (χ1) is 16.3. The highest BCUT2D eigenvalue weighted by molar-refractivity contribution is 5.43. The Morgan fingerprint density at radius 1 is 0.939 bits per heavy atom. The highest BCUT2D eigenvalue weighted by Crippen LogP contribution is 2.36. The minimum Gasteiger partial charge on any atom is -0.497 e. The van der Waals surface area contributed by atoms with Crippen molar-refractivity contribution in [2.24, 2.45) is 0 Å². The minimum absolute atomic E-state index is 0.586. The van der Waals surface area contributed by atoms with Gasteiger partial charge in [-0.15, -0.1) is 0 Å². The van der Waals surface area contributed by atoms with Crippen molar-refractivity contribution in [2.75, 3.05) is 33.3 Å². The van der Waals surface area contributed by atoms with Crippen LogP contribution in [-0.2, 0) is 6.54 Å². The van der Waals surface area contributed by atoms with Gasteiger partial charge in [0.05, 0.1) is 7.11 Å². The highest BCUT2D eigenvalue weighted by Gasteiger charge is 2.40. The molecule has 0 saturated carbocycles. The molecule has 2 saturated heterocycles. The number of hydrogen-bond donors (Lipinski definition) is 0. The van der Waals surface area contributed by atoms with Crippen LogP contribution >= 0.6 is 0 Å². The molecular formula is C29H31N3O. The van der Waals surface area contributed by atoms with E-state index >= 15 is 0 Å². The Balaban J connectivity index is 1.26. The molecule has 2 unspecified atom stereocenters. The lowest BCUT2D eigenvalue weighted by Gasteiger charge is -2.51. The molecule has 4 nitrogen and oxygen atoms in total. The lowest BCUT2D eigenvalue weighted by Crippen LogP contribution is -2.60. The van der Waals surface area contributed by atoms with Crippen molar-refractivity contribution < 1.29 is 4.74 Å². The van der Waals surface area contributed by atoms with Crippen LogP contribution in [0.1, 0.15) is 41.0 Å². The van der Waals surface area contributed by atoms with Crippen LogP contribution in [0.2, 0.25) is 0 Å². The third kappa shape index (κ3) is 5.27. The molecule has 2 atom stereocenters. The Kier molecular flexibility index (Phi) is 6.71. The van der Waals surface area contributed by atoms with Gasteiger partial charge in [0.25, 0.3) is 0 Å². The molecule has 3 heterocycles. The predicted octanol–water partition coefficient (Wildman–Crippen LogP) is 4.55. The summed E-state index contributed by atoms with van der Waals surface area (Å²) < 4.78 is 5.43. The molecule has 168 valence electrons. The number of hydrogen-bond acceptors (Lipinski definition) is 4. The van der Waals surface area contributed by atoms with Crippen LogP contribution in [0, 0.1) is 11.8 Å². The van der Waals surface area contributed by atoms with Gasteiger partial charge < -0.3 is 4.74 Å². The molecule has 2 fully saturated rings. The first-order valence-electron chi connectivity index (χ1n) is 11.9. The van der Waals surface area contributed by atoms with E-state index in [9.17, 15) is 0 Å². The summed E-state index contributed by atoms with van der Waals surface area (Å²) in [4.78, 5) is 9.44. The van der Waals surface area contributed by atoms with Gasteiger partial charge in [0.15, 0.2) is 0 Å². The number of fused-ring (bicyclic) bond motifs is 1. The second kappa shape index (κ2) is 10.2. The van der Waals surface area contributed by atoms with E-state index < -0.39 is 0 Å². The number of nitrogens with zero attached hydrogens (tertiary/aromatic N) is 3. The van der Waals surface area contributed by atoms with E-state index in [-0.39, 0.29) is 0 Å². The van der Waals surface area contributed by atoms with Crippen LogP contribution in [0.15, 0.2) is 73.1 Å². The molecule has 3 aromatic rings. The number of rotatable bonds is 4. The molecule has 0 amide bonds. The summed E-state index contributed by atoms with van der Waals surface area (Å²) in [6, 6.07) is 21.9. The standard InChI is InChI=1S/C29H31N3O/c1-33-27-8-4-6-25(18-27)20-31-16-2-3-17-32-21-28(29(32)22-31)26-13-11-23(12-14-26)9-10-24-7-5-15-30-19-24/h4-8,11-15,18-19,28-29H,2-3,16-17,20-22H2,1H3. The number of benzene rings is 2. The fourth-order valence-electron chi connectivity index (χ4n) is 5.03. The molecule has 0 N–H and O–H groups in total. The average Bonchev–Trinajstić information content (AvgIpc) is 2.85. The fraction of sp³-hybridized carbons (Fsp3) is 0.345. The monoisotopic (exact) mass is 437 g/mol. The Labute approximate surface area is 197 Å². The Morgan fingerprint density at radius 2 is 1.79 bits per heavy atom. The summed E-state index contributed by atoms with van der Waals surface area (Å²) in [5, 5.41) is 0. The Bertz CT molecular complexity index is 1120. The third-order valence-corrected chi connectivity index (χ3v) is 6.87. The van der Waals surface area contributed by atoms with Gasteiger partial charge in [0.2, 0.25) is 0 Å². The summed E-state index contributed by atoms with van der Waals surface area (Å²) in [6.07, 6.45) is 6.12. The Hall–Kier alpha value is -3.13. The number of ether oxygens (including phenoxy) is 1. The summed E-state index contributed by atoms with van der Waals surface area (Å²) >= 11 is 0. The molecule has 1 aromatic heterocycles. The van der Waals surface area contributed by atoms with E-state index in [4.69, 9.17) is 4.74 Å².